The van der Waals surface area contributed by atoms with Gasteiger partial charge in [0.25, 0.3) is 0 Å². The van der Waals surface area contributed by atoms with E-state index in [-0.39, 0.29) is 0 Å². The molecule has 0 aromatic heterocycles. The van der Waals surface area contributed by atoms with E-state index in [0.717, 1.165) is 19.8 Å². The summed E-state index contributed by atoms with van der Waals surface area (Å²) in [6.07, 6.45) is 8.75. The van der Waals surface area contributed by atoms with Crippen molar-refractivity contribution in [3.8, 4) is 0 Å². The number of ether oxygens (including phenoxy) is 3. The highest BCUT2D eigenvalue weighted by Gasteiger charge is 2.27. The molecule has 3 heterocycles. The smallest absolute Gasteiger partial charge is 0.0552 e. The Hall–Kier alpha value is -0.120. The van der Waals surface area contributed by atoms with Gasteiger partial charge in [-0.05, 0) is 75.5 Å². The lowest BCUT2D eigenvalue weighted by atomic mass is 9.82. The fourth-order valence-electron chi connectivity index (χ4n) is 4.43. The van der Waals surface area contributed by atoms with Crippen LogP contribution in [-0.4, -0.2) is 38.1 Å². The average Bonchev–Trinajstić information content (AvgIpc) is 2.63. The molecule has 3 aliphatic heterocycles. The van der Waals surface area contributed by atoms with Crippen molar-refractivity contribution < 1.29 is 14.2 Å². The molecule has 3 unspecified atom stereocenters. The van der Waals surface area contributed by atoms with Crippen molar-refractivity contribution in [3.63, 3.8) is 0 Å². The Bertz CT molecular complexity index is 353. The highest BCUT2D eigenvalue weighted by Crippen LogP contribution is 2.33. The zero-order chi connectivity index (χ0) is 24.7. The number of hydrogen-bond acceptors (Lipinski definition) is 3. The standard InChI is InChI=1S/3C8H16O.2C2H6/c3*1-7-6-8(2,3)4-5-9-7;2*1-2/h3*7H,4-6H2,1-3H3;2*1-2H3. The third-order valence-corrected chi connectivity index (χ3v) is 6.06. The summed E-state index contributed by atoms with van der Waals surface area (Å²) in [6, 6.07) is 0. The Labute approximate surface area is 197 Å². The van der Waals surface area contributed by atoms with Crippen LogP contribution in [-0.2, 0) is 14.2 Å². The summed E-state index contributed by atoms with van der Waals surface area (Å²) in [4.78, 5) is 0. The van der Waals surface area contributed by atoms with E-state index in [1.165, 1.54) is 38.5 Å². The molecule has 0 aliphatic carbocycles. The van der Waals surface area contributed by atoms with E-state index >= 15 is 0 Å². The van der Waals surface area contributed by atoms with Crippen molar-refractivity contribution in [1.82, 2.24) is 0 Å². The van der Waals surface area contributed by atoms with Crippen molar-refractivity contribution in [3.05, 3.63) is 0 Å². The van der Waals surface area contributed by atoms with Gasteiger partial charge >= 0.3 is 0 Å². The Morgan fingerprint density at radius 2 is 0.645 bits per heavy atom. The van der Waals surface area contributed by atoms with E-state index in [9.17, 15) is 0 Å². The van der Waals surface area contributed by atoms with Crippen LogP contribution >= 0.6 is 0 Å². The van der Waals surface area contributed by atoms with Crippen molar-refractivity contribution in [2.45, 2.75) is 147 Å². The van der Waals surface area contributed by atoms with Crippen LogP contribution < -0.4 is 0 Å². The van der Waals surface area contributed by atoms with Crippen LogP contribution in [0.4, 0.5) is 0 Å². The SMILES string of the molecule is CC.CC.CC1CC(C)(C)CCO1.CC1CC(C)(C)CCO1.CC1CC(C)(C)CCO1. The molecule has 3 rings (SSSR count). The number of hydrogen-bond donors (Lipinski definition) is 0. The minimum atomic E-state index is 0.480. The third kappa shape index (κ3) is 18.0. The molecule has 0 N–H and O–H groups in total. The van der Waals surface area contributed by atoms with Crippen LogP contribution in [0.1, 0.15) is 129 Å². The second kappa shape index (κ2) is 16.5. The highest BCUT2D eigenvalue weighted by molar-refractivity contribution is 4.77. The molecule has 0 saturated carbocycles. The average molecular weight is 445 g/mol. The van der Waals surface area contributed by atoms with Crippen LogP contribution in [0, 0.1) is 16.2 Å². The molecular formula is C28H60O3. The Morgan fingerprint density at radius 3 is 0.742 bits per heavy atom. The fourth-order valence-corrected chi connectivity index (χ4v) is 4.43. The molecule has 31 heavy (non-hydrogen) atoms. The summed E-state index contributed by atoms with van der Waals surface area (Å²) in [5, 5.41) is 0. The molecule has 0 bridgehead atoms. The van der Waals surface area contributed by atoms with Gasteiger partial charge in [0.2, 0.25) is 0 Å². The first kappa shape index (κ1) is 33.1. The fraction of sp³-hybridized carbons (Fsp3) is 1.00. The minimum Gasteiger partial charge on any atom is -0.378 e. The Morgan fingerprint density at radius 1 is 0.452 bits per heavy atom. The van der Waals surface area contributed by atoms with Crippen molar-refractivity contribution >= 4 is 0 Å². The molecule has 0 amide bonds. The van der Waals surface area contributed by atoms with Gasteiger partial charge in [0, 0.05) is 19.8 Å². The van der Waals surface area contributed by atoms with Gasteiger partial charge in [-0.25, -0.2) is 0 Å². The molecule has 3 fully saturated rings. The Kier molecular flexibility index (Phi) is 17.6. The van der Waals surface area contributed by atoms with Gasteiger partial charge in [-0.15, -0.1) is 0 Å². The van der Waals surface area contributed by atoms with E-state index in [1.807, 2.05) is 27.7 Å². The van der Waals surface area contributed by atoms with Gasteiger partial charge in [-0.1, -0.05) is 69.2 Å². The van der Waals surface area contributed by atoms with Gasteiger partial charge in [-0.3, -0.25) is 0 Å². The monoisotopic (exact) mass is 444 g/mol. The zero-order valence-electron chi connectivity index (χ0n) is 23.8. The predicted molar refractivity (Wildman–Crippen MR) is 138 cm³/mol. The first-order chi connectivity index (χ1) is 14.3. The summed E-state index contributed by atoms with van der Waals surface area (Å²) in [5.41, 5.74) is 1.58. The van der Waals surface area contributed by atoms with Gasteiger partial charge in [-0.2, -0.15) is 0 Å². The van der Waals surface area contributed by atoms with E-state index in [1.54, 1.807) is 0 Å². The van der Waals surface area contributed by atoms with E-state index in [4.69, 9.17) is 14.2 Å². The maximum atomic E-state index is 5.41. The minimum absolute atomic E-state index is 0.480. The highest BCUT2D eigenvalue weighted by atomic mass is 16.5. The molecule has 0 radical (unpaired) electrons. The van der Waals surface area contributed by atoms with Crippen LogP contribution in [0.15, 0.2) is 0 Å². The summed E-state index contributed by atoms with van der Waals surface area (Å²) in [7, 11) is 0. The third-order valence-electron chi connectivity index (χ3n) is 6.06. The van der Waals surface area contributed by atoms with Gasteiger partial charge in [0.1, 0.15) is 0 Å². The largest absolute Gasteiger partial charge is 0.378 e. The lowest BCUT2D eigenvalue weighted by Gasteiger charge is -2.33. The molecule has 3 atom stereocenters. The van der Waals surface area contributed by atoms with Gasteiger partial charge in [0.15, 0.2) is 0 Å². The zero-order valence-corrected chi connectivity index (χ0v) is 23.8. The predicted octanol–water partition coefficient (Wildman–Crippen LogP) is 8.69. The Balaban J connectivity index is 0. The molecule has 3 saturated heterocycles. The summed E-state index contributed by atoms with van der Waals surface area (Å²) in [5.74, 6) is 0. The first-order valence-corrected chi connectivity index (χ1v) is 13.2. The van der Waals surface area contributed by atoms with E-state index in [0.29, 0.717) is 34.6 Å². The second-order valence-corrected chi connectivity index (χ2v) is 11.4. The molecule has 0 aromatic carbocycles. The summed E-state index contributed by atoms with van der Waals surface area (Å²) < 4.78 is 16.2. The van der Waals surface area contributed by atoms with Crippen LogP contribution in [0.25, 0.3) is 0 Å². The van der Waals surface area contributed by atoms with E-state index < -0.39 is 0 Å². The lowest BCUT2D eigenvalue weighted by molar-refractivity contribution is -0.0255. The molecule has 0 aromatic rings. The maximum absolute atomic E-state index is 5.41. The second-order valence-electron chi connectivity index (χ2n) is 11.4. The normalized spacial score (nSPS) is 30.3. The first-order valence-electron chi connectivity index (χ1n) is 13.2. The van der Waals surface area contributed by atoms with Crippen LogP contribution in [0.2, 0.25) is 0 Å². The summed E-state index contributed by atoms with van der Waals surface area (Å²) in [6.45, 7) is 31.2. The van der Waals surface area contributed by atoms with E-state index in [2.05, 4.69) is 62.3 Å². The summed E-state index contributed by atoms with van der Waals surface area (Å²) >= 11 is 0. The van der Waals surface area contributed by atoms with Crippen molar-refractivity contribution in [2.24, 2.45) is 16.2 Å². The van der Waals surface area contributed by atoms with Crippen molar-refractivity contribution in [1.29, 1.82) is 0 Å². The maximum Gasteiger partial charge on any atom is 0.0552 e. The van der Waals surface area contributed by atoms with Gasteiger partial charge in [0.05, 0.1) is 18.3 Å². The van der Waals surface area contributed by atoms with Crippen molar-refractivity contribution in [2.75, 3.05) is 19.8 Å². The molecule has 3 heteroatoms. The quantitative estimate of drug-likeness (QED) is 0.374. The molecule has 0 spiro atoms. The van der Waals surface area contributed by atoms with Crippen LogP contribution in [0.5, 0.6) is 0 Å². The number of rotatable bonds is 0. The molecule has 3 aliphatic rings. The topological polar surface area (TPSA) is 27.7 Å². The lowest BCUT2D eigenvalue weighted by Crippen LogP contribution is -2.28. The molecule has 3 nitrogen and oxygen atoms in total. The molecule has 190 valence electrons. The molecular weight excluding hydrogens is 384 g/mol. The van der Waals surface area contributed by atoms with Gasteiger partial charge < -0.3 is 14.2 Å². The van der Waals surface area contributed by atoms with Crippen LogP contribution in [0.3, 0.4) is 0 Å².